The molecule has 7 aliphatic rings. The summed E-state index contributed by atoms with van der Waals surface area (Å²) in [5.74, 6) is 5.49. The Morgan fingerprint density at radius 1 is 0.469 bits per heavy atom. The number of aliphatic hydroxyl groups excluding tert-OH is 1. The number of nitrogens with one attached hydrogen (secondary N) is 3. The van der Waals surface area contributed by atoms with Crippen LogP contribution in [0.5, 0.6) is 17.6 Å². The molecule has 0 bridgehead atoms. The van der Waals surface area contributed by atoms with E-state index in [1.165, 1.54) is 22.0 Å². The van der Waals surface area contributed by atoms with Crippen molar-refractivity contribution in [1.29, 1.82) is 0 Å². The van der Waals surface area contributed by atoms with Crippen LogP contribution in [0.2, 0.25) is 0 Å². The molecular weight excluding hydrogens is 1270 g/mol. The molecule has 3 saturated carbocycles. The van der Waals surface area contributed by atoms with Crippen molar-refractivity contribution in [1.82, 2.24) is 29.9 Å². The van der Waals surface area contributed by atoms with E-state index in [9.17, 15) is 0 Å². The summed E-state index contributed by atoms with van der Waals surface area (Å²) in [5.41, 5.74) is 7.40. The maximum atomic E-state index is 7.00. The predicted molar refractivity (Wildman–Crippen MR) is 383 cm³/mol. The second-order valence-electron chi connectivity index (χ2n) is 26.0. The van der Waals surface area contributed by atoms with Crippen LogP contribution >= 0.6 is 15.9 Å². The fraction of sp³-hybridized carbons (Fsp3) is 0.395. The number of anilines is 3. The van der Waals surface area contributed by atoms with E-state index >= 15 is 0 Å². The second kappa shape index (κ2) is 32.3. The maximum Gasteiger partial charge on any atom is 0.490 e. The van der Waals surface area contributed by atoms with E-state index in [4.69, 9.17) is 52.8 Å². The highest BCUT2D eigenvalue weighted by Crippen LogP contribution is 2.41. The minimum Gasteiger partial charge on any atom is -0.474 e. The Morgan fingerprint density at radius 2 is 0.906 bits per heavy atom. The number of rotatable bonds is 15. The summed E-state index contributed by atoms with van der Waals surface area (Å²) >= 11 is 3.46. The lowest BCUT2D eigenvalue weighted by atomic mass is 9.75. The van der Waals surface area contributed by atoms with Crippen molar-refractivity contribution in [2.45, 2.75) is 145 Å². The van der Waals surface area contributed by atoms with Gasteiger partial charge in [-0.1, -0.05) is 72.8 Å². The molecule has 18 nitrogen and oxygen atoms in total. The fourth-order valence-electron chi connectivity index (χ4n) is 12.4. The number of fused-ring (bicyclic) bond motifs is 3. The summed E-state index contributed by atoms with van der Waals surface area (Å²) in [6, 6.07) is 50.2. The molecule has 20 heteroatoms. The fourth-order valence-corrected chi connectivity index (χ4v) is 12.8. The zero-order valence-corrected chi connectivity index (χ0v) is 57.0. The molecule has 500 valence electrons. The largest absolute Gasteiger partial charge is 0.490 e. The lowest BCUT2D eigenvalue weighted by Gasteiger charge is -2.36. The van der Waals surface area contributed by atoms with Gasteiger partial charge in [0.2, 0.25) is 17.6 Å². The normalized spacial score (nSPS) is 22.3. The van der Waals surface area contributed by atoms with E-state index in [1.54, 1.807) is 12.4 Å². The van der Waals surface area contributed by atoms with Gasteiger partial charge in [-0.2, -0.15) is 0 Å². The summed E-state index contributed by atoms with van der Waals surface area (Å²) in [5, 5.41) is 21.0. The number of ether oxygens (including phenoxy) is 6. The van der Waals surface area contributed by atoms with Gasteiger partial charge in [-0.3, -0.25) is 0 Å². The van der Waals surface area contributed by atoms with E-state index in [0.717, 1.165) is 164 Å². The monoisotopic (exact) mass is 1360 g/mol. The lowest BCUT2D eigenvalue weighted by molar-refractivity contribution is 0.00578. The topological polar surface area (TPSA) is 207 Å². The van der Waals surface area contributed by atoms with Gasteiger partial charge in [0.25, 0.3) is 0 Å². The maximum absolute atomic E-state index is 7.00. The van der Waals surface area contributed by atoms with Crippen LogP contribution in [0.3, 0.4) is 0 Å². The lowest BCUT2D eigenvalue weighted by Crippen LogP contribution is -2.43. The predicted octanol–water partition coefficient (Wildman–Crippen LogP) is 15.0. The molecule has 6 aromatic heterocycles. The van der Waals surface area contributed by atoms with Crippen molar-refractivity contribution in [3.63, 3.8) is 0 Å². The molecule has 96 heavy (non-hydrogen) atoms. The third-order valence-electron chi connectivity index (χ3n) is 18.8. The number of aliphatic hydroxyl groups is 1. The molecule has 9 aromatic rings. The molecule has 0 atom stereocenters. The van der Waals surface area contributed by atoms with E-state index in [-0.39, 0.29) is 36.6 Å². The molecule has 2 saturated heterocycles. The van der Waals surface area contributed by atoms with Gasteiger partial charge in [0.15, 0.2) is 0 Å². The number of nitrogens with zero attached hydrogens (tertiary/aromatic N) is 6. The minimum absolute atomic E-state index is 0.182. The Bertz CT molecular complexity index is 4070. The smallest absolute Gasteiger partial charge is 0.474 e. The number of para-hydroxylation sites is 3. The van der Waals surface area contributed by atoms with Crippen molar-refractivity contribution in [2.75, 3.05) is 62.7 Å². The number of pyridine rings is 6. The molecule has 3 aromatic carbocycles. The Morgan fingerprint density at radius 3 is 1.39 bits per heavy atom. The van der Waals surface area contributed by atoms with Crippen LogP contribution < -0.4 is 30.2 Å². The van der Waals surface area contributed by atoms with Crippen molar-refractivity contribution in [3.8, 4) is 17.6 Å². The number of halogens is 1. The quantitative estimate of drug-likeness (QED) is 0.0704. The highest BCUT2D eigenvalue weighted by molar-refractivity contribution is 9.10. The van der Waals surface area contributed by atoms with E-state index < -0.39 is 0 Å². The third-order valence-corrected chi connectivity index (χ3v) is 19.4. The highest BCUT2D eigenvalue weighted by Gasteiger charge is 2.52. The molecule has 4 N–H and O–H groups in total. The minimum atomic E-state index is -0.239. The number of benzene rings is 3. The van der Waals surface area contributed by atoms with E-state index in [0.29, 0.717) is 43.1 Å². The van der Waals surface area contributed by atoms with Gasteiger partial charge in [-0.25, -0.2) is 29.9 Å². The Labute approximate surface area is 571 Å². The SMILES string of the molecule is Brc1cccnc1OC1CC(Nc2ccc3ccccc3n2)C1.C1=C(c2cccnc2OC2CC(Nc3ccc4ccccc4n3)C2)CCOC1.CC1(C)OB(C2=CCOCC2)OC1(C)C.CO.c1cnc(OC2CC(Nc3ccc4ccccc4n3)C2)c(C2CCOCC2)c1. The van der Waals surface area contributed by atoms with E-state index in [1.807, 2.05) is 97.2 Å². The first-order valence-electron chi connectivity index (χ1n) is 33.7. The Balaban J connectivity index is 0.000000124. The molecule has 0 radical (unpaired) electrons. The van der Waals surface area contributed by atoms with Crippen molar-refractivity contribution in [2.24, 2.45) is 0 Å². The summed E-state index contributed by atoms with van der Waals surface area (Å²) in [6.45, 7) is 12.8. The van der Waals surface area contributed by atoms with Crippen LogP contribution in [0.15, 0.2) is 186 Å². The number of aromatic nitrogens is 6. The first kappa shape index (κ1) is 67.9. The molecule has 0 spiro atoms. The zero-order chi connectivity index (χ0) is 66.3. The molecule has 10 heterocycles. The van der Waals surface area contributed by atoms with Crippen molar-refractivity contribution in [3.05, 3.63) is 197 Å². The van der Waals surface area contributed by atoms with Gasteiger partial charge >= 0.3 is 7.12 Å². The molecule has 0 amide bonds. The molecule has 4 aliphatic heterocycles. The third kappa shape index (κ3) is 17.5. The molecule has 0 unspecified atom stereocenters. The first-order valence-corrected chi connectivity index (χ1v) is 34.5. The van der Waals surface area contributed by atoms with Crippen LogP contribution in [0.1, 0.15) is 109 Å². The number of hydrogen-bond acceptors (Lipinski definition) is 18. The summed E-state index contributed by atoms with van der Waals surface area (Å²) in [4.78, 5) is 27.3. The van der Waals surface area contributed by atoms with Crippen LogP contribution in [-0.2, 0) is 23.5 Å². The first-order chi connectivity index (χ1) is 46.9. The van der Waals surface area contributed by atoms with Gasteiger partial charge in [-0.05, 0) is 171 Å². The van der Waals surface area contributed by atoms with Gasteiger partial charge in [0.1, 0.15) is 35.8 Å². The van der Waals surface area contributed by atoms with Crippen LogP contribution in [-0.4, -0.2) is 137 Å². The summed E-state index contributed by atoms with van der Waals surface area (Å²) < 4.78 is 47.4. The van der Waals surface area contributed by atoms with Crippen LogP contribution in [0.25, 0.3) is 38.3 Å². The number of hydrogen-bond donors (Lipinski definition) is 4. The molecular formula is C76H87BBrN9O9. The standard InChI is InChI=1S/C23H25N3O2.C23H23N3O2.C18H16BrN3O.C11H19BO3.CH4O/c2*1-2-6-21-17(4-1)7-8-22(26-21)25-18-14-19(15-18)28-23-20(5-3-11-24-23)16-9-12-27-13-10-16;19-15-5-3-9-20-18(15)23-14-10-13(11-14)21-17-8-7-12-4-1-2-6-16(12)22-17;1-10(2)11(3,4)15-12(14-10)9-5-7-13-8-6-9;1-2/h1-8,11,16,18-19H,9-10,12-15H2,(H,25,26);1-9,11,18-19H,10,12-15H2,(H,25,26);1-9,13-14H,10-11H2,(H,21,22);5H,6-8H2,1-4H3;2H,1H3. The average molecular weight is 1360 g/mol. The van der Waals surface area contributed by atoms with Crippen molar-refractivity contribution < 1.29 is 42.8 Å². The molecule has 5 fully saturated rings. The summed E-state index contributed by atoms with van der Waals surface area (Å²) in [7, 11) is 0.818. The van der Waals surface area contributed by atoms with Crippen LogP contribution in [0.4, 0.5) is 17.5 Å². The average Bonchev–Trinajstić information content (AvgIpc) is 1.55. The van der Waals surface area contributed by atoms with E-state index in [2.05, 4.69) is 146 Å². The molecule has 16 rings (SSSR count). The van der Waals surface area contributed by atoms with Gasteiger partial charge in [0.05, 0.1) is 58.7 Å². The van der Waals surface area contributed by atoms with Gasteiger partial charge in [-0.15, -0.1) is 0 Å². The highest BCUT2D eigenvalue weighted by atomic mass is 79.9. The van der Waals surface area contributed by atoms with Gasteiger partial charge in [0, 0.05) is 123 Å². The second-order valence-corrected chi connectivity index (χ2v) is 26.9. The van der Waals surface area contributed by atoms with Crippen LogP contribution in [0, 0.1) is 0 Å². The molecule has 3 aliphatic carbocycles. The van der Waals surface area contributed by atoms with Crippen molar-refractivity contribution >= 4 is 78.8 Å². The Hall–Kier alpha value is -8.08. The van der Waals surface area contributed by atoms with Gasteiger partial charge < -0.3 is 58.8 Å². The summed E-state index contributed by atoms with van der Waals surface area (Å²) in [6.07, 6.45) is 19.8. The Kier molecular flexibility index (Phi) is 22.9. The zero-order valence-electron chi connectivity index (χ0n) is 55.5.